The molecule has 0 bridgehead atoms. The van der Waals surface area contributed by atoms with Gasteiger partial charge in [-0.1, -0.05) is 30.3 Å². The van der Waals surface area contributed by atoms with Gasteiger partial charge >= 0.3 is 0 Å². The molecule has 164 valence electrons. The molecule has 1 N–H and O–H groups in total. The van der Waals surface area contributed by atoms with E-state index in [2.05, 4.69) is 5.32 Å². The Morgan fingerprint density at radius 1 is 1.16 bits per heavy atom. The number of hydrogen-bond donors (Lipinski definition) is 1. The Morgan fingerprint density at radius 2 is 1.87 bits per heavy atom. The van der Waals surface area contributed by atoms with Crippen molar-refractivity contribution < 1.29 is 18.0 Å². The highest BCUT2D eigenvalue weighted by molar-refractivity contribution is 8.00. The van der Waals surface area contributed by atoms with Crippen LogP contribution in [-0.2, 0) is 26.2 Å². The first-order chi connectivity index (χ1) is 14.8. The van der Waals surface area contributed by atoms with E-state index >= 15 is 0 Å². The molecule has 0 radical (unpaired) electrons. The van der Waals surface area contributed by atoms with Gasteiger partial charge in [-0.25, -0.2) is 8.42 Å². The zero-order chi connectivity index (χ0) is 22.0. The number of piperidine rings is 1. The maximum absolute atomic E-state index is 13.1. The molecule has 0 aromatic heterocycles. The van der Waals surface area contributed by atoms with Crippen molar-refractivity contribution in [2.75, 3.05) is 31.2 Å². The first kappa shape index (κ1) is 21.9. The largest absolute Gasteiger partial charge is 0.341 e. The topological polar surface area (TPSA) is 86.8 Å². The highest BCUT2D eigenvalue weighted by Crippen LogP contribution is 2.34. The Kier molecular flexibility index (Phi) is 6.36. The molecule has 0 unspecified atom stereocenters. The Bertz CT molecular complexity index is 1080. The van der Waals surface area contributed by atoms with Crippen LogP contribution in [0.4, 0.5) is 5.69 Å². The van der Waals surface area contributed by atoms with Crippen LogP contribution in [0.15, 0.2) is 58.3 Å². The van der Waals surface area contributed by atoms with Crippen molar-refractivity contribution >= 4 is 39.3 Å². The van der Waals surface area contributed by atoms with Gasteiger partial charge < -0.3 is 10.2 Å². The molecule has 2 aromatic carbocycles. The molecule has 7 nitrogen and oxygen atoms in total. The number of amides is 2. The molecular formula is C22H25N3O4S2. The lowest BCUT2D eigenvalue weighted by Crippen LogP contribution is -2.43. The molecule has 0 spiro atoms. The fraction of sp³-hybridized carbons (Fsp3) is 0.364. The predicted octanol–water partition coefficient (Wildman–Crippen LogP) is 2.79. The second kappa shape index (κ2) is 9.02. The molecule has 1 saturated heterocycles. The molecule has 2 heterocycles. The van der Waals surface area contributed by atoms with Crippen molar-refractivity contribution in [3.8, 4) is 0 Å². The fourth-order valence-electron chi connectivity index (χ4n) is 3.96. The predicted molar refractivity (Wildman–Crippen MR) is 120 cm³/mol. The van der Waals surface area contributed by atoms with Crippen LogP contribution in [0.2, 0.25) is 0 Å². The number of carbonyl (C=O) groups excluding carboxylic acids is 2. The summed E-state index contributed by atoms with van der Waals surface area (Å²) in [5.74, 6) is 0.0686. The lowest BCUT2D eigenvalue weighted by molar-refractivity contribution is -0.136. The molecule has 0 aliphatic carbocycles. The van der Waals surface area contributed by atoms with Crippen molar-refractivity contribution in [2.45, 2.75) is 29.2 Å². The van der Waals surface area contributed by atoms with Crippen molar-refractivity contribution in [3.05, 3.63) is 54.1 Å². The van der Waals surface area contributed by atoms with E-state index in [1.165, 1.54) is 22.1 Å². The summed E-state index contributed by atoms with van der Waals surface area (Å²) in [6.45, 7) is 1.14. The van der Waals surface area contributed by atoms with Gasteiger partial charge in [0.15, 0.2) is 0 Å². The number of thioether (sulfide) groups is 1. The van der Waals surface area contributed by atoms with E-state index in [1.807, 2.05) is 30.3 Å². The van der Waals surface area contributed by atoms with E-state index in [0.29, 0.717) is 43.9 Å². The molecule has 2 aliphatic rings. The third kappa shape index (κ3) is 4.78. The summed E-state index contributed by atoms with van der Waals surface area (Å²) >= 11 is 1.40. The van der Waals surface area contributed by atoms with Crippen molar-refractivity contribution in [1.82, 2.24) is 9.21 Å². The maximum Gasteiger partial charge on any atom is 0.243 e. The number of benzene rings is 2. The minimum absolute atomic E-state index is 0.0504. The van der Waals surface area contributed by atoms with Crippen LogP contribution >= 0.6 is 11.8 Å². The summed E-state index contributed by atoms with van der Waals surface area (Å²) in [6.07, 6.45) is 0.990. The zero-order valence-corrected chi connectivity index (χ0v) is 18.9. The summed E-state index contributed by atoms with van der Waals surface area (Å²) in [7, 11) is -1.89. The minimum Gasteiger partial charge on any atom is -0.341 e. The highest BCUT2D eigenvalue weighted by atomic mass is 32.2. The maximum atomic E-state index is 13.1. The molecule has 0 atom stereocenters. The lowest BCUT2D eigenvalue weighted by Gasteiger charge is -2.32. The summed E-state index contributed by atoms with van der Waals surface area (Å²) < 4.78 is 27.7. The van der Waals surface area contributed by atoms with Gasteiger partial charge in [-0.15, -0.1) is 11.8 Å². The van der Waals surface area contributed by atoms with E-state index in [1.54, 1.807) is 24.1 Å². The third-order valence-corrected chi connectivity index (χ3v) is 8.63. The minimum atomic E-state index is -3.68. The Hall–Kier alpha value is -2.36. The number of carbonyl (C=O) groups is 2. The van der Waals surface area contributed by atoms with E-state index in [9.17, 15) is 18.0 Å². The van der Waals surface area contributed by atoms with Gasteiger partial charge in [0.1, 0.15) is 0 Å². The van der Waals surface area contributed by atoms with Crippen LogP contribution in [0.5, 0.6) is 0 Å². The molecule has 2 aromatic rings. The molecule has 2 amide bonds. The summed E-state index contributed by atoms with van der Waals surface area (Å²) in [4.78, 5) is 27.2. The second-order valence-electron chi connectivity index (χ2n) is 7.85. The van der Waals surface area contributed by atoms with Gasteiger partial charge in [0.2, 0.25) is 21.8 Å². The number of fused-ring (bicyclic) bond motifs is 1. The van der Waals surface area contributed by atoms with Gasteiger partial charge in [-0.2, -0.15) is 4.31 Å². The summed E-state index contributed by atoms with van der Waals surface area (Å²) in [5, 5.41) is 2.74. The molecule has 0 saturated carbocycles. The monoisotopic (exact) mass is 459 g/mol. The van der Waals surface area contributed by atoms with Gasteiger partial charge in [-0.05, 0) is 36.6 Å². The number of anilines is 1. The number of nitrogens with zero attached hydrogens (tertiary/aromatic N) is 2. The highest BCUT2D eigenvalue weighted by Gasteiger charge is 2.33. The van der Waals surface area contributed by atoms with Crippen LogP contribution in [0.3, 0.4) is 0 Å². The normalized spacial score (nSPS) is 17.6. The second-order valence-corrected chi connectivity index (χ2v) is 10.8. The van der Waals surface area contributed by atoms with Crippen LogP contribution in [0.1, 0.15) is 18.4 Å². The SMILES string of the molecule is CN(Cc1ccccc1)C(=O)C1CCN(S(=O)(=O)c2ccc3c(c2)NC(=O)CS3)CC1. The Balaban J connectivity index is 1.39. The average molecular weight is 460 g/mol. The Labute approximate surface area is 186 Å². The van der Waals surface area contributed by atoms with E-state index in [0.717, 1.165) is 10.5 Å². The van der Waals surface area contributed by atoms with Gasteiger partial charge in [0.05, 0.1) is 16.3 Å². The smallest absolute Gasteiger partial charge is 0.243 e. The van der Waals surface area contributed by atoms with Crippen LogP contribution in [0.25, 0.3) is 0 Å². The number of sulfonamides is 1. The van der Waals surface area contributed by atoms with E-state index < -0.39 is 10.0 Å². The molecule has 31 heavy (non-hydrogen) atoms. The standard InChI is InChI=1S/C22H25N3O4S2/c1-24(14-16-5-3-2-4-6-16)22(27)17-9-11-25(12-10-17)31(28,29)18-7-8-20-19(13-18)23-21(26)15-30-20/h2-8,13,17H,9-12,14-15H2,1H3,(H,23,26). The van der Waals surface area contributed by atoms with Crippen LogP contribution in [0, 0.1) is 5.92 Å². The van der Waals surface area contributed by atoms with Gasteiger partial charge in [0.25, 0.3) is 0 Å². The van der Waals surface area contributed by atoms with Crippen molar-refractivity contribution in [1.29, 1.82) is 0 Å². The molecule has 1 fully saturated rings. The first-order valence-electron chi connectivity index (χ1n) is 10.2. The van der Waals surface area contributed by atoms with E-state index in [4.69, 9.17) is 0 Å². The number of nitrogens with one attached hydrogen (secondary N) is 1. The molecule has 4 rings (SSSR count). The van der Waals surface area contributed by atoms with Crippen molar-refractivity contribution in [3.63, 3.8) is 0 Å². The molecule has 2 aliphatic heterocycles. The van der Waals surface area contributed by atoms with E-state index in [-0.39, 0.29) is 22.6 Å². The fourth-order valence-corrected chi connectivity index (χ4v) is 6.25. The van der Waals surface area contributed by atoms with Crippen LogP contribution in [-0.4, -0.2) is 55.3 Å². The quantitative estimate of drug-likeness (QED) is 0.743. The van der Waals surface area contributed by atoms with Gasteiger partial charge in [0, 0.05) is 37.5 Å². The summed E-state index contributed by atoms with van der Waals surface area (Å²) in [5.41, 5.74) is 1.60. The summed E-state index contributed by atoms with van der Waals surface area (Å²) in [6, 6.07) is 14.7. The third-order valence-electron chi connectivity index (χ3n) is 5.66. The zero-order valence-electron chi connectivity index (χ0n) is 17.3. The number of hydrogen-bond acceptors (Lipinski definition) is 5. The Morgan fingerprint density at radius 3 is 2.58 bits per heavy atom. The molecular weight excluding hydrogens is 434 g/mol. The first-order valence-corrected chi connectivity index (χ1v) is 12.6. The molecule has 9 heteroatoms. The van der Waals surface area contributed by atoms with Gasteiger partial charge in [-0.3, -0.25) is 9.59 Å². The lowest BCUT2D eigenvalue weighted by atomic mass is 9.96. The van der Waals surface area contributed by atoms with Crippen LogP contribution < -0.4 is 5.32 Å². The average Bonchev–Trinajstić information content (AvgIpc) is 2.78. The number of rotatable bonds is 5. The van der Waals surface area contributed by atoms with Crippen molar-refractivity contribution in [2.24, 2.45) is 5.92 Å².